The number of rotatable bonds is 5. The fourth-order valence-corrected chi connectivity index (χ4v) is 2.63. The fourth-order valence-electron chi connectivity index (χ4n) is 2.63. The molecule has 21 heavy (non-hydrogen) atoms. The van der Waals surface area contributed by atoms with Gasteiger partial charge in [-0.25, -0.2) is 0 Å². The summed E-state index contributed by atoms with van der Waals surface area (Å²) >= 11 is 0. The summed E-state index contributed by atoms with van der Waals surface area (Å²) in [6.45, 7) is 5.17. The molecule has 1 fully saturated rings. The smallest absolute Gasteiger partial charge is 0.244 e. The molecule has 2 rings (SSSR count). The maximum absolute atomic E-state index is 11.8. The van der Waals surface area contributed by atoms with Crippen molar-refractivity contribution in [1.29, 1.82) is 0 Å². The molecular formula is C17H25N3O. The van der Waals surface area contributed by atoms with E-state index in [4.69, 9.17) is 5.73 Å². The lowest BCUT2D eigenvalue weighted by atomic mass is 10.1. The second-order valence-corrected chi connectivity index (χ2v) is 5.69. The van der Waals surface area contributed by atoms with Crippen LogP contribution >= 0.6 is 0 Å². The first kappa shape index (κ1) is 15.6. The third-order valence-electron chi connectivity index (χ3n) is 3.92. The van der Waals surface area contributed by atoms with Crippen LogP contribution in [0.15, 0.2) is 30.3 Å². The van der Waals surface area contributed by atoms with Gasteiger partial charge in [-0.1, -0.05) is 18.6 Å². The van der Waals surface area contributed by atoms with Gasteiger partial charge in [0.25, 0.3) is 0 Å². The maximum Gasteiger partial charge on any atom is 0.244 e. The summed E-state index contributed by atoms with van der Waals surface area (Å²) in [4.78, 5) is 14.3. The summed E-state index contributed by atoms with van der Waals surface area (Å²) in [7, 11) is 0. The molecule has 1 saturated heterocycles. The maximum atomic E-state index is 11.8. The highest BCUT2D eigenvalue weighted by Gasteiger charge is 2.16. The molecule has 0 bridgehead atoms. The van der Waals surface area contributed by atoms with Crippen molar-refractivity contribution in [3.63, 3.8) is 0 Å². The Balaban J connectivity index is 1.76. The van der Waals surface area contributed by atoms with Crippen molar-refractivity contribution >= 4 is 17.7 Å². The molecule has 1 amide bonds. The van der Waals surface area contributed by atoms with E-state index in [-0.39, 0.29) is 5.91 Å². The topological polar surface area (TPSA) is 58.4 Å². The number of nitrogens with zero attached hydrogens (tertiary/aromatic N) is 1. The average molecular weight is 287 g/mol. The first-order valence-electron chi connectivity index (χ1n) is 7.70. The van der Waals surface area contributed by atoms with Gasteiger partial charge in [0.2, 0.25) is 5.91 Å². The molecule has 1 aromatic carbocycles. The number of likely N-dealkylation sites (tertiary alicyclic amines) is 1. The van der Waals surface area contributed by atoms with Crippen LogP contribution < -0.4 is 11.1 Å². The second kappa shape index (κ2) is 7.84. The summed E-state index contributed by atoms with van der Waals surface area (Å²) in [6, 6.07) is 7.88. The summed E-state index contributed by atoms with van der Waals surface area (Å²) in [5.41, 5.74) is 7.35. The Kier molecular flexibility index (Phi) is 5.81. The van der Waals surface area contributed by atoms with E-state index < -0.39 is 0 Å². The Labute approximate surface area is 127 Å². The second-order valence-electron chi connectivity index (χ2n) is 5.69. The van der Waals surface area contributed by atoms with Crippen molar-refractivity contribution in [1.82, 2.24) is 10.2 Å². The van der Waals surface area contributed by atoms with Crippen molar-refractivity contribution in [2.45, 2.75) is 32.2 Å². The molecule has 0 aromatic heterocycles. The predicted molar refractivity (Wildman–Crippen MR) is 87.8 cm³/mol. The van der Waals surface area contributed by atoms with E-state index in [0.29, 0.717) is 18.3 Å². The van der Waals surface area contributed by atoms with Crippen LogP contribution in [0.25, 0.3) is 6.08 Å². The third kappa shape index (κ3) is 5.23. The number of hydrogen-bond donors (Lipinski definition) is 2. The van der Waals surface area contributed by atoms with Gasteiger partial charge in [0.05, 0.1) is 0 Å². The predicted octanol–water partition coefficient (Wildman–Crippen LogP) is 2.27. The molecule has 0 spiro atoms. The quantitative estimate of drug-likeness (QED) is 0.645. The molecule has 114 valence electrons. The molecule has 4 heteroatoms. The van der Waals surface area contributed by atoms with E-state index in [2.05, 4.69) is 17.1 Å². The zero-order chi connectivity index (χ0) is 15.1. The number of benzene rings is 1. The van der Waals surface area contributed by atoms with Crippen LogP contribution in [0.2, 0.25) is 0 Å². The lowest BCUT2D eigenvalue weighted by Gasteiger charge is -2.32. The third-order valence-corrected chi connectivity index (χ3v) is 3.92. The van der Waals surface area contributed by atoms with Gasteiger partial charge in [0.1, 0.15) is 0 Å². The van der Waals surface area contributed by atoms with Crippen molar-refractivity contribution in [3.05, 3.63) is 35.9 Å². The van der Waals surface area contributed by atoms with Crippen LogP contribution in [-0.2, 0) is 4.79 Å². The molecule has 0 saturated carbocycles. The highest BCUT2D eigenvalue weighted by atomic mass is 16.1. The standard InChI is InChI=1S/C17H25N3O/c1-14(20-10-3-2-4-11-20)13-19-17(21)9-8-15-6-5-7-16(18)12-15/h5-9,12,14H,2-4,10-11,13,18H2,1H3,(H,19,21)/b9-8+. The zero-order valence-corrected chi connectivity index (χ0v) is 12.7. The van der Waals surface area contributed by atoms with Crippen LogP contribution in [0.3, 0.4) is 0 Å². The van der Waals surface area contributed by atoms with Crippen LogP contribution in [0.1, 0.15) is 31.7 Å². The highest BCUT2D eigenvalue weighted by molar-refractivity contribution is 5.91. The van der Waals surface area contributed by atoms with E-state index in [9.17, 15) is 4.79 Å². The van der Waals surface area contributed by atoms with Crippen LogP contribution in [0, 0.1) is 0 Å². The molecular weight excluding hydrogens is 262 g/mol. The number of nitrogens with two attached hydrogens (primary N) is 1. The Morgan fingerprint density at radius 3 is 2.86 bits per heavy atom. The monoisotopic (exact) mass is 287 g/mol. The summed E-state index contributed by atoms with van der Waals surface area (Å²) < 4.78 is 0. The number of carbonyl (C=O) groups is 1. The number of nitrogen functional groups attached to an aromatic ring is 1. The lowest BCUT2D eigenvalue weighted by molar-refractivity contribution is -0.116. The molecule has 1 aliphatic rings. The van der Waals surface area contributed by atoms with Crippen LogP contribution in [0.5, 0.6) is 0 Å². The first-order chi connectivity index (χ1) is 10.1. The Bertz CT molecular complexity index is 493. The van der Waals surface area contributed by atoms with Crippen molar-refractivity contribution in [3.8, 4) is 0 Å². The Morgan fingerprint density at radius 2 is 2.14 bits per heavy atom. The number of hydrogen-bond acceptors (Lipinski definition) is 3. The number of piperidine rings is 1. The van der Waals surface area contributed by atoms with E-state index in [1.54, 1.807) is 12.2 Å². The van der Waals surface area contributed by atoms with E-state index in [1.165, 1.54) is 19.3 Å². The van der Waals surface area contributed by atoms with Crippen LogP contribution in [-0.4, -0.2) is 36.5 Å². The molecule has 1 unspecified atom stereocenters. The fraction of sp³-hybridized carbons (Fsp3) is 0.471. The first-order valence-corrected chi connectivity index (χ1v) is 7.70. The number of amides is 1. The van der Waals surface area contributed by atoms with Crippen LogP contribution in [0.4, 0.5) is 5.69 Å². The molecule has 1 heterocycles. The van der Waals surface area contributed by atoms with Gasteiger partial charge in [0, 0.05) is 24.4 Å². The lowest BCUT2D eigenvalue weighted by Crippen LogP contribution is -2.44. The minimum Gasteiger partial charge on any atom is -0.399 e. The summed E-state index contributed by atoms with van der Waals surface area (Å²) in [5, 5.41) is 2.97. The SMILES string of the molecule is CC(CNC(=O)/C=C/c1cccc(N)c1)N1CCCCC1. The Morgan fingerprint density at radius 1 is 1.38 bits per heavy atom. The highest BCUT2D eigenvalue weighted by Crippen LogP contribution is 2.11. The van der Waals surface area contributed by atoms with E-state index in [1.807, 2.05) is 24.3 Å². The average Bonchev–Trinajstić information content (AvgIpc) is 2.51. The van der Waals surface area contributed by atoms with Gasteiger partial charge in [-0.3, -0.25) is 9.69 Å². The van der Waals surface area contributed by atoms with Gasteiger partial charge >= 0.3 is 0 Å². The van der Waals surface area contributed by atoms with Gasteiger partial charge in [-0.2, -0.15) is 0 Å². The zero-order valence-electron chi connectivity index (χ0n) is 12.7. The van der Waals surface area contributed by atoms with E-state index in [0.717, 1.165) is 18.7 Å². The largest absolute Gasteiger partial charge is 0.399 e. The number of anilines is 1. The minimum atomic E-state index is -0.0544. The summed E-state index contributed by atoms with van der Waals surface area (Å²) in [5.74, 6) is -0.0544. The minimum absolute atomic E-state index is 0.0544. The molecule has 0 aliphatic carbocycles. The van der Waals surface area contributed by atoms with Crippen molar-refractivity contribution in [2.24, 2.45) is 0 Å². The van der Waals surface area contributed by atoms with Gasteiger partial charge in [-0.15, -0.1) is 0 Å². The normalized spacial score (nSPS) is 17.8. The molecule has 4 nitrogen and oxygen atoms in total. The van der Waals surface area contributed by atoms with Gasteiger partial charge in [0.15, 0.2) is 0 Å². The summed E-state index contributed by atoms with van der Waals surface area (Å²) in [6.07, 6.45) is 7.23. The molecule has 1 atom stereocenters. The Hall–Kier alpha value is -1.81. The van der Waals surface area contributed by atoms with Crippen molar-refractivity contribution < 1.29 is 4.79 Å². The molecule has 3 N–H and O–H groups in total. The van der Waals surface area contributed by atoms with Gasteiger partial charge < -0.3 is 11.1 Å². The molecule has 1 aromatic rings. The number of carbonyl (C=O) groups excluding carboxylic acids is 1. The van der Waals surface area contributed by atoms with Crippen molar-refractivity contribution in [2.75, 3.05) is 25.4 Å². The molecule has 0 radical (unpaired) electrons. The van der Waals surface area contributed by atoms with E-state index >= 15 is 0 Å². The van der Waals surface area contributed by atoms with Gasteiger partial charge in [-0.05, 0) is 56.6 Å². The number of nitrogens with one attached hydrogen (secondary N) is 1. The molecule has 1 aliphatic heterocycles.